The number of aromatic nitrogens is 2. The number of hydrogen-bond donors (Lipinski definition) is 2. The minimum absolute atomic E-state index is 0.152. The third-order valence-electron chi connectivity index (χ3n) is 2.22. The molecule has 8 heteroatoms. The molecule has 0 saturated carbocycles. The van der Waals surface area contributed by atoms with E-state index in [9.17, 15) is 8.42 Å². The lowest BCUT2D eigenvalue weighted by molar-refractivity contribution is 0.0689. The summed E-state index contributed by atoms with van der Waals surface area (Å²) in [6, 6.07) is 0. The van der Waals surface area contributed by atoms with E-state index >= 15 is 0 Å². The first-order valence-corrected chi connectivity index (χ1v) is 7.20. The minimum Gasteiger partial charge on any atom is -0.382 e. The van der Waals surface area contributed by atoms with Gasteiger partial charge in [-0.2, -0.15) is 5.10 Å². The molecule has 0 radical (unpaired) electrons. The Kier molecular flexibility index (Phi) is 6.88. The summed E-state index contributed by atoms with van der Waals surface area (Å²) in [6.07, 6.45) is 4.15. The summed E-state index contributed by atoms with van der Waals surface area (Å²) in [6.45, 7) is 2.14. The molecule has 18 heavy (non-hydrogen) atoms. The van der Waals surface area contributed by atoms with Gasteiger partial charge < -0.3 is 9.47 Å². The average Bonchev–Trinajstić information content (AvgIpc) is 2.87. The predicted molar refractivity (Wildman–Crippen MR) is 65.7 cm³/mol. The summed E-state index contributed by atoms with van der Waals surface area (Å²) in [5, 5.41) is 6.06. The lowest BCUT2D eigenvalue weighted by atomic mass is 10.3. The lowest BCUT2D eigenvalue weighted by Gasteiger charge is -2.05. The minimum atomic E-state index is -3.42. The smallest absolute Gasteiger partial charge is 0.243 e. The maximum Gasteiger partial charge on any atom is 0.243 e. The van der Waals surface area contributed by atoms with E-state index in [1.165, 1.54) is 12.4 Å². The van der Waals surface area contributed by atoms with Crippen LogP contribution in [0.5, 0.6) is 0 Å². The first-order chi connectivity index (χ1) is 8.67. The fraction of sp³-hybridized carbons (Fsp3) is 0.700. The zero-order valence-corrected chi connectivity index (χ0v) is 11.2. The van der Waals surface area contributed by atoms with Crippen molar-refractivity contribution in [2.45, 2.75) is 17.7 Å². The highest BCUT2D eigenvalue weighted by Crippen LogP contribution is 2.04. The molecule has 0 aliphatic carbocycles. The standard InChI is InChI=1S/C10H19N3O4S/c1-16-6-7-17-5-3-2-4-13-18(14,15)10-8-11-12-9-10/h8-9,13H,2-7H2,1H3,(H,11,12). The Morgan fingerprint density at radius 2 is 2.17 bits per heavy atom. The molecule has 0 spiro atoms. The van der Waals surface area contributed by atoms with Gasteiger partial charge in [-0.05, 0) is 12.8 Å². The van der Waals surface area contributed by atoms with E-state index in [0.717, 1.165) is 12.8 Å². The van der Waals surface area contributed by atoms with Gasteiger partial charge >= 0.3 is 0 Å². The molecule has 1 aromatic heterocycles. The summed E-state index contributed by atoms with van der Waals surface area (Å²) < 4.78 is 35.9. The van der Waals surface area contributed by atoms with E-state index in [2.05, 4.69) is 14.9 Å². The van der Waals surface area contributed by atoms with Crippen LogP contribution in [0.1, 0.15) is 12.8 Å². The van der Waals surface area contributed by atoms with Gasteiger partial charge in [0.05, 0.1) is 19.4 Å². The maximum atomic E-state index is 11.6. The number of aromatic amines is 1. The van der Waals surface area contributed by atoms with Gasteiger partial charge in [-0.15, -0.1) is 0 Å². The summed E-state index contributed by atoms with van der Waals surface area (Å²) in [7, 11) is -1.80. The van der Waals surface area contributed by atoms with Crippen molar-refractivity contribution >= 4 is 10.0 Å². The number of methoxy groups -OCH3 is 1. The molecule has 1 heterocycles. The lowest BCUT2D eigenvalue weighted by Crippen LogP contribution is -2.24. The van der Waals surface area contributed by atoms with Crippen LogP contribution in [0.15, 0.2) is 17.3 Å². The van der Waals surface area contributed by atoms with E-state index in [4.69, 9.17) is 9.47 Å². The highest BCUT2D eigenvalue weighted by atomic mass is 32.2. The second kappa shape index (κ2) is 8.20. The second-order valence-electron chi connectivity index (χ2n) is 3.64. The zero-order chi connectivity index (χ0) is 13.3. The Morgan fingerprint density at radius 1 is 1.33 bits per heavy atom. The molecule has 0 saturated heterocycles. The third-order valence-corrected chi connectivity index (χ3v) is 3.65. The second-order valence-corrected chi connectivity index (χ2v) is 5.41. The number of nitrogens with one attached hydrogen (secondary N) is 2. The van der Waals surface area contributed by atoms with Gasteiger partial charge in [-0.1, -0.05) is 0 Å². The fourth-order valence-electron chi connectivity index (χ4n) is 1.25. The average molecular weight is 277 g/mol. The summed E-state index contributed by atoms with van der Waals surface area (Å²) in [5.74, 6) is 0. The Balaban J connectivity index is 2.08. The highest BCUT2D eigenvalue weighted by molar-refractivity contribution is 7.89. The van der Waals surface area contributed by atoms with Crippen LogP contribution in [0.25, 0.3) is 0 Å². The third kappa shape index (κ3) is 5.58. The van der Waals surface area contributed by atoms with Crippen molar-refractivity contribution < 1.29 is 17.9 Å². The number of H-pyrrole nitrogens is 1. The van der Waals surface area contributed by atoms with Crippen molar-refractivity contribution in [2.75, 3.05) is 33.5 Å². The van der Waals surface area contributed by atoms with Crippen LogP contribution in [0.2, 0.25) is 0 Å². The molecular weight excluding hydrogens is 258 g/mol. The molecular formula is C10H19N3O4S. The summed E-state index contributed by atoms with van der Waals surface area (Å²) >= 11 is 0. The van der Waals surface area contributed by atoms with Gasteiger partial charge in [0.25, 0.3) is 0 Å². The first-order valence-electron chi connectivity index (χ1n) is 5.72. The van der Waals surface area contributed by atoms with Crippen molar-refractivity contribution in [3.63, 3.8) is 0 Å². The van der Waals surface area contributed by atoms with Gasteiger partial charge in [0, 0.05) is 26.5 Å². The quantitative estimate of drug-likeness (QED) is 0.593. The molecule has 104 valence electrons. The van der Waals surface area contributed by atoms with E-state index in [0.29, 0.717) is 26.4 Å². The number of rotatable bonds is 10. The van der Waals surface area contributed by atoms with Crippen LogP contribution in [-0.4, -0.2) is 52.1 Å². The number of ether oxygens (including phenoxy) is 2. The van der Waals surface area contributed by atoms with Gasteiger partial charge in [0.1, 0.15) is 4.90 Å². The van der Waals surface area contributed by atoms with E-state index in [1.54, 1.807) is 7.11 Å². The van der Waals surface area contributed by atoms with E-state index < -0.39 is 10.0 Å². The molecule has 1 rings (SSSR count). The zero-order valence-electron chi connectivity index (χ0n) is 10.4. The molecule has 0 fully saturated rings. The van der Waals surface area contributed by atoms with Gasteiger partial charge in [0.2, 0.25) is 10.0 Å². The van der Waals surface area contributed by atoms with Crippen LogP contribution in [0.3, 0.4) is 0 Å². The highest BCUT2D eigenvalue weighted by Gasteiger charge is 2.13. The molecule has 0 aliphatic heterocycles. The van der Waals surface area contributed by atoms with Crippen LogP contribution in [0, 0.1) is 0 Å². The van der Waals surface area contributed by atoms with Gasteiger partial charge in [-0.3, -0.25) is 5.10 Å². The number of nitrogens with zero attached hydrogens (tertiary/aromatic N) is 1. The Labute approximate surface area is 107 Å². The molecule has 0 aromatic carbocycles. The van der Waals surface area contributed by atoms with E-state index in [1.807, 2.05) is 0 Å². The van der Waals surface area contributed by atoms with Crippen molar-refractivity contribution in [1.29, 1.82) is 0 Å². The normalized spacial score (nSPS) is 11.8. The largest absolute Gasteiger partial charge is 0.382 e. The van der Waals surface area contributed by atoms with E-state index in [-0.39, 0.29) is 4.90 Å². The number of unbranched alkanes of at least 4 members (excludes halogenated alkanes) is 1. The van der Waals surface area contributed by atoms with Crippen LogP contribution < -0.4 is 4.72 Å². The van der Waals surface area contributed by atoms with Crippen LogP contribution >= 0.6 is 0 Å². The SMILES string of the molecule is COCCOCCCCNS(=O)(=O)c1cn[nH]c1. The van der Waals surface area contributed by atoms with Gasteiger partial charge in [0.15, 0.2) is 0 Å². The number of sulfonamides is 1. The first kappa shape index (κ1) is 15.1. The van der Waals surface area contributed by atoms with Crippen molar-refractivity contribution in [3.8, 4) is 0 Å². The summed E-state index contributed by atoms with van der Waals surface area (Å²) in [5.41, 5.74) is 0. The molecule has 0 amide bonds. The Bertz CT molecular complexity index is 405. The molecule has 0 bridgehead atoms. The van der Waals surface area contributed by atoms with Crippen molar-refractivity contribution in [2.24, 2.45) is 0 Å². The monoisotopic (exact) mass is 277 g/mol. The van der Waals surface area contributed by atoms with Gasteiger partial charge in [-0.25, -0.2) is 13.1 Å². The van der Waals surface area contributed by atoms with Crippen LogP contribution in [0.4, 0.5) is 0 Å². The Hall–Kier alpha value is -0.960. The molecule has 0 unspecified atom stereocenters. The topological polar surface area (TPSA) is 93.3 Å². The Morgan fingerprint density at radius 3 is 2.83 bits per heavy atom. The number of hydrogen-bond acceptors (Lipinski definition) is 5. The molecule has 0 aliphatic rings. The van der Waals surface area contributed by atoms with Crippen LogP contribution in [-0.2, 0) is 19.5 Å². The van der Waals surface area contributed by atoms with Crippen molar-refractivity contribution in [3.05, 3.63) is 12.4 Å². The molecule has 0 atom stereocenters. The van der Waals surface area contributed by atoms with Crippen molar-refractivity contribution in [1.82, 2.24) is 14.9 Å². The molecule has 1 aromatic rings. The fourth-order valence-corrected chi connectivity index (χ4v) is 2.23. The maximum absolute atomic E-state index is 11.6. The predicted octanol–water partition coefficient (Wildman–Crippen LogP) is 0.131. The summed E-state index contributed by atoms with van der Waals surface area (Å²) in [4.78, 5) is 0.152. The molecule has 2 N–H and O–H groups in total. The molecule has 7 nitrogen and oxygen atoms in total.